The maximum Gasteiger partial charge on any atom is 0.383 e. The Morgan fingerprint density at radius 3 is 2.18 bits per heavy atom. The van der Waals surface area contributed by atoms with Gasteiger partial charge in [-0.25, -0.2) is 8.78 Å². The van der Waals surface area contributed by atoms with Gasteiger partial charge in [-0.1, -0.05) is 0 Å². The molecule has 0 aromatic rings. The summed E-state index contributed by atoms with van der Waals surface area (Å²) in [4.78, 5) is 21.7. The number of amides is 2. The molecule has 17 heavy (non-hydrogen) atoms. The topological polar surface area (TPSA) is 58.2 Å². The van der Waals surface area contributed by atoms with Crippen LogP contribution < -0.4 is 10.6 Å². The molecule has 2 N–H and O–H groups in total. The molecule has 2 amide bonds. The summed E-state index contributed by atoms with van der Waals surface area (Å²) in [6.07, 6.45) is -4.31. The van der Waals surface area contributed by atoms with Crippen molar-refractivity contribution < 1.29 is 27.2 Å². The van der Waals surface area contributed by atoms with Crippen LogP contribution in [0, 0.1) is 0 Å². The molecule has 0 aromatic heterocycles. The molecular weight excluding hydrogens is 244 g/mol. The average molecular weight is 258 g/mol. The number of nitrogens with one attached hydrogen (secondary N) is 2. The molecule has 0 fully saturated rings. The average Bonchev–Trinajstić information content (AvgIpc) is 2.15. The molecule has 0 aliphatic rings. The van der Waals surface area contributed by atoms with Gasteiger partial charge in [0.2, 0.25) is 5.91 Å². The molecule has 0 aliphatic carbocycles. The van der Waals surface area contributed by atoms with Crippen molar-refractivity contribution in [1.82, 2.24) is 10.6 Å². The van der Waals surface area contributed by atoms with Gasteiger partial charge in [-0.3, -0.25) is 9.59 Å². The van der Waals surface area contributed by atoms with Crippen molar-refractivity contribution >= 4 is 11.8 Å². The fraction of sp³-hybridized carbons (Fsp3) is 0.778. The predicted molar refractivity (Wildman–Crippen MR) is 51.9 cm³/mol. The summed E-state index contributed by atoms with van der Waals surface area (Å²) in [5, 5.41) is 4.03. The van der Waals surface area contributed by atoms with Crippen LogP contribution in [0.3, 0.4) is 0 Å². The van der Waals surface area contributed by atoms with Gasteiger partial charge in [0.1, 0.15) is 0 Å². The first-order valence-corrected chi connectivity index (χ1v) is 4.91. The fourth-order valence-electron chi connectivity index (χ4n) is 0.901. The quantitative estimate of drug-likeness (QED) is 0.696. The van der Waals surface area contributed by atoms with Gasteiger partial charge in [0.25, 0.3) is 5.91 Å². The molecular formula is C9H14F4N2O2. The van der Waals surface area contributed by atoms with Crippen molar-refractivity contribution in [2.45, 2.75) is 38.7 Å². The molecule has 0 radical (unpaired) electrons. The van der Waals surface area contributed by atoms with Gasteiger partial charge in [0.15, 0.2) is 0 Å². The molecule has 4 nitrogen and oxygen atoms in total. The van der Waals surface area contributed by atoms with Gasteiger partial charge in [-0.05, 0) is 13.8 Å². The third-order valence-electron chi connectivity index (χ3n) is 1.66. The zero-order valence-corrected chi connectivity index (χ0v) is 9.40. The van der Waals surface area contributed by atoms with Crippen molar-refractivity contribution in [1.29, 1.82) is 0 Å². The second-order valence-electron chi connectivity index (χ2n) is 3.65. The normalized spacial score (nSPS) is 11.8. The number of carbonyl (C=O) groups excluding carboxylic acids is 2. The molecule has 0 aromatic carbocycles. The number of alkyl halides is 4. The van der Waals surface area contributed by atoms with E-state index in [0.29, 0.717) is 0 Å². The number of hydrogen-bond donors (Lipinski definition) is 2. The lowest BCUT2D eigenvalue weighted by atomic mass is 10.3. The highest BCUT2D eigenvalue weighted by Gasteiger charge is 2.48. The van der Waals surface area contributed by atoms with Crippen LogP contribution in [-0.2, 0) is 9.59 Å². The van der Waals surface area contributed by atoms with Crippen molar-refractivity contribution in [3.63, 3.8) is 0 Å². The van der Waals surface area contributed by atoms with E-state index in [1.165, 1.54) is 0 Å². The van der Waals surface area contributed by atoms with Gasteiger partial charge in [-0.15, -0.1) is 0 Å². The Hall–Kier alpha value is -1.34. The van der Waals surface area contributed by atoms with E-state index in [-0.39, 0.29) is 12.5 Å². The molecule has 0 aliphatic heterocycles. The van der Waals surface area contributed by atoms with Crippen LogP contribution in [-0.4, -0.2) is 36.7 Å². The van der Waals surface area contributed by atoms with Crippen LogP contribution >= 0.6 is 0 Å². The van der Waals surface area contributed by atoms with Crippen LogP contribution in [0.1, 0.15) is 20.3 Å². The van der Waals surface area contributed by atoms with Crippen LogP contribution in [0.4, 0.5) is 17.6 Å². The monoisotopic (exact) mass is 258 g/mol. The van der Waals surface area contributed by atoms with E-state index in [1.54, 1.807) is 19.2 Å². The molecule has 0 rings (SSSR count). The molecule has 0 saturated heterocycles. The Balaban J connectivity index is 3.98. The Morgan fingerprint density at radius 2 is 1.76 bits per heavy atom. The number of halogens is 4. The fourth-order valence-corrected chi connectivity index (χ4v) is 0.901. The van der Waals surface area contributed by atoms with Crippen LogP contribution in [0.5, 0.6) is 0 Å². The highest BCUT2D eigenvalue weighted by molar-refractivity contribution is 5.84. The third kappa shape index (κ3) is 5.50. The molecule has 0 bridgehead atoms. The summed E-state index contributed by atoms with van der Waals surface area (Å²) in [5.41, 5.74) is 0. The number of rotatable bonds is 6. The van der Waals surface area contributed by atoms with Gasteiger partial charge >= 0.3 is 12.3 Å². The molecule has 0 spiro atoms. The molecule has 8 heteroatoms. The van der Waals surface area contributed by atoms with Crippen LogP contribution in [0.15, 0.2) is 0 Å². The first kappa shape index (κ1) is 15.7. The maximum atomic E-state index is 12.4. The summed E-state index contributed by atoms with van der Waals surface area (Å²) < 4.78 is 48.3. The first-order chi connectivity index (χ1) is 7.67. The third-order valence-corrected chi connectivity index (χ3v) is 1.66. The lowest BCUT2D eigenvalue weighted by Crippen LogP contribution is -2.46. The SMILES string of the molecule is CC(C)NC(=O)CCNC(=O)C(F)(F)C(F)F. The zero-order chi connectivity index (χ0) is 13.6. The van der Waals surface area contributed by atoms with E-state index in [9.17, 15) is 27.2 Å². The lowest BCUT2D eigenvalue weighted by molar-refractivity contribution is -0.169. The number of carbonyl (C=O) groups is 2. The van der Waals surface area contributed by atoms with Crippen molar-refractivity contribution in [3.8, 4) is 0 Å². The highest BCUT2D eigenvalue weighted by atomic mass is 19.3. The molecule has 0 saturated carbocycles. The Labute approximate surface area is 95.7 Å². The molecule has 100 valence electrons. The second-order valence-corrected chi connectivity index (χ2v) is 3.65. The summed E-state index contributed by atoms with van der Waals surface area (Å²) in [7, 11) is 0. The molecule has 0 heterocycles. The van der Waals surface area contributed by atoms with Gasteiger partial charge < -0.3 is 10.6 Å². The smallest absolute Gasteiger partial charge is 0.354 e. The van der Waals surface area contributed by atoms with Crippen molar-refractivity contribution in [2.75, 3.05) is 6.54 Å². The van der Waals surface area contributed by atoms with E-state index >= 15 is 0 Å². The Kier molecular flexibility index (Phi) is 5.90. The molecule has 0 unspecified atom stereocenters. The Morgan fingerprint density at radius 1 is 1.24 bits per heavy atom. The summed E-state index contributed by atoms with van der Waals surface area (Å²) >= 11 is 0. The van der Waals surface area contributed by atoms with Gasteiger partial charge in [0.05, 0.1) is 0 Å². The highest BCUT2D eigenvalue weighted by Crippen LogP contribution is 2.22. The van der Waals surface area contributed by atoms with E-state index < -0.39 is 30.7 Å². The van der Waals surface area contributed by atoms with E-state index in [0.717, 1.165) is 0 Å². The van der Waals surface area contributed by atoms with Crippen molar-refractivity contribution in [2.24, 2.45) is 0 Å². The van der Waals surface area contributed by atoms with E-state index in [1.807, 2.05) is 0 Å². The van der Waals surface area contributed by atoms with Crippen LogP contribution in [0.2, 0.25) is 0 Å². The summed E-state index contributed by atoms with van der Waals surface area (Å²) in [6.45, 7) is 2.97. The minimum atomic E-state index is -4.73. The maximum absolute atomic E-state index is 12.4. The standard InChI is InChI=1S/C9H14F4N2O2/c1-5(2)15-6(16)3-4-14-8(17)9(12,13)7(10)11/h5,7H,3-4H2,1-2H3,(H,14,17)(H,15,16). The summed E-state index contributed by atoms with van der Waals surface area (Å²) in [6, 6.07) is -0.124. The minimum absolute atomic E-state index is 0.124. The lowest BCUT2D eigenvalue weighted by Gasteiger charge is -2.14. The van der Waals surface area contributed by atoms with Crippen LogP contribution in [0.25, 0.3) is 0 Å². The summed E-state index contributed by atoms with van der Waals surface area (Å²) in [5.74, 6) is -7.26. The first-order valence-electron chi connectivity index (χ1n) is 4.91. The van der Waals surface area contributed by atoms with Crippen molar-refractivity contribution in [3.05, 3.63) is 0 Å². The largest absolute Gasteiger partial charge is 0.383 e. The second kappa shape index (κ2) is 6.41. The van der Waals surface area contributed by atoms with E-state index in [4.69, 9.17) is 0 Å². The van der Waals surface area contributed by atoms with E-state index in [2.05, 4.69) is 5.32 Å². The predicted octanol–water partition coefficient (Wildman–Crippen LogP) is 0.918. The molecule has 0 atom stereocenters. The zero-order valence-electron chi connectivity index (χ0n) is 9.40. The van der Waals surface area contributed by atoms with Gasteiger partial charge in [-0.2, -0.15) is 8.78 Å². The van der Waals surface area contributed by atoms with Gasteiger partial charge in [0, 0.05) is 19.0 Å². The Bertz CT molecular complexity index is 282. The minimum Gasteiger partial charge on any atom is -0.354 e. The number of hydrogen-bond acceptors (Lipinski definition) is 2.